The molecule has 0 atom stereocenters. The van der Waals surface area contributed by atoms with Gasteiger partial charge in [0.25, 0.3) is 0 Å². The molecule has 0 aliphatic rings. The minimum absolute atomic E-state index is 0.734. The normalized spacial score (nSPS) is 10.5. The molecule has 0 aromatic carbocycles. The second-order valence-corrected chi connectivity index (χ2v) is 3.78. The van der Waals surface area contributed by atoms with Crippen molar-refractivity contribution in [3.63, 3.8) is 0 Å². The van der Waals surface area contributed by atoms with Gasteiger partial charge in [0, 0.05) is 18.8 Å². The third-order valence-electron chi connectivity index (χ3n) is 2.40. The molecule has 0 bridgehead atoms. The SMILES string of the molecule is CNc1nc(C)nc(-n2cc(C)cn2)c1C. The number of nitrogens with zero attached hydrogens (tertiary/aromatic N) is 4. The number of anilines is 1. The van der Waals surface area contributed by atoms with E-state index in [1.165, 1.54) is 0 Å². The van der Waals surface area contributed by atoms with Gasteiger partial charge < -0.3 is 5.32 Å². The summed E-state index contributed by atoms with van der Waals surface area (Å²) in [6.07, 6.45) is 3.77. The maximum absolute atomic E-state index is 4.41. The van der Waals surface area contributed by atoms with Crippen LogP contribution in [0.15, 0.2) is 12.4 Å². The molecule has 2 heterocycles. The van der Waals surface area contributed by atoms with E-state index >= 15 is 0 Å². The van der Waals surface area contributed by atoms with Crippen LogP contribution < -0.4 is 5.32 Å². The molecule has 0 aliphatic heterocycles. The summed E-state index contributed by atoms with van der Waals surface area (Å²) in [4.78, 5) is 8.74. The van der Waals surface area contributed by atoms with Crippen LogP contribution in [0.3, 0.4) is 0 Å². The first kappa shape index (κ1) is 10.6. The Morgan fingerprint density at radius 3 is 2.50 bits per heavy atom. The predicted molar refractivity (Wildman–Crippen MR) is 62.9 cm³/mol. The Morgan fingerprint density at radius 1 is 1.19 bits per heavy atom. The van der Waals surface area contributed by atoms with Gasteiger partial charge in [-0.05, 0) is 26.3 Å². The molecule has 84 valence electrons. The number of hydrogen-bond acceptors (Lipinski definition) is 4. The largest absolute Gasteiger partial charge is 0.373 e. The smallest absolute Gasteiger partial charge is 0.162 e. The van der Waals surface area contributed by atoms with Crippen molar-refractivity contribution in [3.05, 3.63) is 29.3 Å². The van der Waals surface area contributed by atoms with Crippen molar-refractivity contribution in [1.29, 1.82) is 0 Å². The lowest BCUT2D eigenvalue weighted by molar-refractivity contribution is 0.818. The molecule has 2 rings (SSSR count). The van der Waals surface area contributed by atoms with Gasteiger partial charge in [-0.2, -0.15) is 5.10 Å². The molecule has 5 nitrogen and oxygen atoms in total. The van der Waals surface area contributed by atoms with Gasteiger partial charge in [-0.25, -0.2) is 14.6 Å². The number of aromatic nitrogens is 4. The number of nitrogens with one attached hydrogen (secondary N) is 1. The van der Waals surface area contributed by atoms with E-state index in [1.807, 2.05) is 40.2 Å². The fraction of sp³-hybridized carbons (Fsp3) is 0.364. The molecule has 0 saturated carbocycles. The molecule has 0 aliphatic carbocycles. The first-order chi connectivity index (χ1) is 7.61. The molecule has 5 heteroatoms. The Bertz CT molecular complexity index is 515. The van der Waals surface area contributed by atoms with Crippen molar-refractivity contribution in [1.82, 2.24) is 19.7 Å². The van der Waals surface area contributed by atoms with Crippen molar-refractivity contribution in [2.45, 2.75) is 20.8 Å². The van der Waals surface area contributed by atoms with Gasteiger partial charge in [-0.15, -0.1) is 0 Å². The van der Waals surface area contributed by atoms with E-state index in [4.69, 9.17) is 0 Å². The molecule has 1 N–H and O–H groups in total. The zero-order valence-corrected chi connectivity index (χ0v) is 9.94. The second-order valence-electron chi connectivity index (χ2n) is 3.78. The van der Waals surface area contributed by atoms with Crippen LogP contribution in [-0.4, -0.2) is 26.8 Å². The third-order valence-corrected chi connectivity index (χ3v) is 2.40. The molecule has 0 unspecified atom stereocenters. The Hall–Kier alpha value is -1.91. The molecular weight excluding hydrogens is 202 g/mol. The Balaban J connectivity index is 2.60. The van der Waals surface area contributed by atoms with Gasteiger partial charge >= 0.3 is 0 Å². The Kier molecular flexibility index (Phi) is 2.60. The molecule has 0 amide bonds. The zero-order chi connectivity index (χ0) is 11.7. The van der Waals surface area contributed by atoms with Crippen LogP contribution in [0.1, 0.15) is 17.0 Å². The summed E-state index contributed by atoms with van der Waals surface area (Å²) in [6, 6.07) is 0. The summed E-state index contributed by atoms with van der Waals surface area (Å²) in [5.41, 5.74) is 2.11. The first-order valence-electron chi connectivity index (χ1n) is 5.16. The standard InChI is InChI=1S/C11H15N5/c1-7-5-13-16(6-7)11-8(2)10(12-4)14-9(3)15-11/h5-6H,1-4H3,(H,12,14,15). The van der Waals surface area contributed by atoms with Crippen molar-refractivity contribution in [3.8, 4) is 5.82 Å². The average Bonchev–Trinajstić information content (AvgIpc) is 2.67. The van der Waals surface area contributed by atoms with Crippen LogP contribution in [0.25, 0.3) is 5.82 Å². The third kappa shape index (κ3) is 1.76. The summed E-state index contributed by atoms with van der Waals surface area (Å²) < 4.78 is 1.78. The summed E-state index contributed by atoms with van der Waals surface area (Å²) in [5, 5.41) is 7.32. The maximum atomic E-state index is 4.41. The van der Waals surface area contributed by atoms with Crippen LogP contribution in [0.5, 0.6) is 0 Å². The lowest BCUT2D eigenvalue weighted by Crippen LogP contribution is -2.08. The van der Waals surface area contributed by atoms with Crippen LogP contribution >= 0.6 is 0 Å². The van der Waals surface area contributed by atoms with Gasteiger partial charge in [-0.3, -0.25) is 0 Å². The number of rotatable bonds is 2. The second kappa shape index (κ2) is 3.92. The molecular formula is C11H15N5. The fourth-order valence-electron chi connectivity index (χ4n) is 1.61. The first-order valence-corrected chi connectivity index (χ1v) is 5.16. The highest BCUT2D eigenvalue weighted by molar-refractivity contribution is 5.50. The highest BCUT2D eigenvalue weighted by Crippen LogP contribution is 2.18. The minimum atomic E-state index is 0.734. The lowest BCUT2D eigenvalue weighted by atomic mass is 10.3. The van der Waals surface area contributed by atoms with E-state index in [0.29, 0.717) is 0 Å². The summed E-state index contributed by atoms with van der Waals surface area (Å²) >= 11 is 0. The minimum Gasteiger partial charge on any atom is -0.373 e. The van der Waals surface area contributed by atoms with E-state index in [1.54, 1.807) is 4.68 Å². The maximum Gasteiger partial charge on any atom is 0.162 e. The summed E-state index contributed by atoms with van der Waals surface area (Å²) in [7, 11) is 1.85. The van der Waals surface area contributed by atoms with E-state index in [-0.39, 0.29) is 0 Å². The van der Waals surface area contributed by atoms with Gasteiger partial charge in [0.1, 0.15) is 11.6 Å². The van der Waals surface area contributed by atoms with Crippen LogP contribution in [0.2, 0.25) is 0 Å². The van der Waals surface area contributed by atoms with Gasteiger partial charge in [0.2, 0.25) is 0 Å². The van der Waals surface area contributed by atoms with Crippen LogP contribution in [0, 0.1) is 20.8 Å². The topological polar surface area (TPSA) is 55.6 Å². The highest BCUT2D eigenvalue weighted by atomic mass is 15.3. The molecule has 0 spiro atoms. The molecule has 0 fully saturated rings. The van der Waals surface area contributed by atoms with E-state index in [9.17, 15) is 0 Å². The van der Waals surface area contributed by atoms with E-state index < -0.39 is 0 Å². The Morgan fingerprint density at radius 2 is 1.94 bits per heavy atom. The predicted octanol–water partition coefficient (Wildman–Crippen LogP) is 1.63. The fourth-order valence-corrected chi connectivity index (χ4v) is 1.61. The number of aryl methyl sites for hydroxylation is 2. The van der Waals surface area contributed by atoms with Gasteiger partial charge in [0.15, 0.2) is 5.82 Å². The quantitative estimate of drug-likeness (QED) is 0.830. The molecule has 2 aromatic heterocycles. The molecule has 0 radical (unpaired) electrons. The van der Waals surface area contributed by atoms with Gasteiger partial charge in [-0.1, -0.05) is 0 Å². The van der Waals surface area contributed by atoms with Crippen molar-refractivity contribution in [2.24, 2.45) is 0 Å². The lowest BCUT2D eigenvalue weighted by Gasteiger charge is -2.10. The summed E-state index contributed by atoms with van der Waals surface area (Å²) in [6.45, 7) is 5.86. The monoisotopic (exact) mass is 217 g/mol. The van der Waals surface area contributed by atoms with Crippen LogP contribution in [-0.2, 0) is 0 Å². The molecule has 16 heavy (non-hydrogen) atoms. The van der Waals surface area contributed by atoms with E-state index in [0.717, 1.165) is 28.6 Å². The van der Waals surface area contributed by atoms with Crippen molar-refractivity contribution < 1.29 is 0 Å². The molecule has 0 saturated heterocycles. The molecule has 2 aromatic rings. The van der Waals surface area contributed by atoms with Crippen LogP contribution in [0.4, 0.5) is 5.82 Å². The van der Waals surface area contributed by atoms with Crippen molar-refractivity contribution in [2.75, 3.05) is 12.4 Å². The number of hydrogen-bond donors (Lipinski definition) is 1. The zero-order valence-electron chi connectivity index (χ0n) is 9.94. The highest BCUT2D eigenvalue weighted by Gasteiger charge is 2.10. The average molecular weight is 217 g/mol. The Labute approximate surface area is 94.5 Å². The van der Waals surface area contributed by atoms with Gasteiger partial charge in [0.05, 0.1) is 6.20 Å². The van der Waals surface area contributed by atoms with Crippen molar-refractivity contribution >= 4 is 5.82 Å². The van der Waals surface area contributed by atoms with E-state index in [2.05, 4.69) is 20.4 Å². The summed E-state index contributed by atoms with van der Waals surface area (Å²) in [5.74, 6) is 2.40.